The van der Waals surface area contributed by atoms with Gasteiger partial charge in [-0.1, -0.05) is 0 Å². The molecule has 1 aromatic heterocycles. The van der Waals surface area contributed by atoms with Crippen LogP contribution in [0.1, 0.15) is 6.42 Å². The summed E-state index contributed by atoms with van der Waals surface area (Å²) in [7, 11) is 0. The third kappa shape index (κ3) is 2.68. The predicted molar refractivity (Wildman–Crippen MR) is 51.8 cm³/mol. The normalized spacial score (nSPS) is 23.8. The van der Waals surface area contributed by atoms with Crippen molar-refractivity contribution in [3.8, 4) is 0 Å². The Morgan fingerprint density at radius 2 is 2.14 bits per heavy atom. The average molecular weight is 218 g/mol. The molecule has 1 fully saturated rings. The van der Waals surface area contributed by atoms with Crippen LogP contribution in [0.5, 0.6) is 0 Å². The summed E-state index contributed by atoms with van der Waals surface area (Å²) in [6, 6.07) is 0.289. The van der Waals surface area contributed by atoms with E-state index in [2.05, 4.69) is 15.5 Å². The van der Waals surface area contributed by atoms with Gasteiger partial charge in [0.15, 0.2) is 0 Å². The first-order valence-corrected chi connectivity index (χ1v) is 4.15. The predicted octanol–water partition coefficient (Wildman–Crippen LogP) is -1.08. The number of aromatic nitrogens is 3. The molecule has 78 valence electrons. The highest BCUT2D eigenvalue weighted by Crippen LogP contribution is 2.17. The van der Waals surface area contributed by atoms with E-state index in [1.54, 1.807) is 0 Å². The standard InChI is InChI=1S/C7H11N5O.ClH/c8-5-3-6(5)11-7(13)4-12-9-1-2-10-12;/h1-2,5-6H,3-4,8H2,(H,11,13);1H. The van der Waals surface area contributed by atoms with Gasteiger partial charge in [-0.25, -0.2) is 0 Å². The lowest BCUT2D eigenvalue weighted by Gasteiger charge is -2.01. The summed E-state index contributed by atoms with van der Waals surface area (Å²) in [5, 5.41) is 10.4. The van der Waals surface area contributed by atoms with Crippen molar-refractivity contribution in [1.29, 1.82) is 0 Å². The van der Waals surface area contributed by atoms with Crippen LogP contribution in [0.2, 0.25) is 0 Å². The molecule has 14 heavy (non-hydrogen) atoms. The monoisotopic (exact) mass is 217 g/mol. The number of hydrogen-bond acceptors (Lipinski definition) is 4. The van der Waals surface area contributed by atoms with E-state index in [1.165, 1.54) is 17.2 Å². The second-order valence-corrected chi connectivity index (χ2v) is 3.13. The Morgan fingerprint density at radius 3 is 2.64 bits per heavy atom. The van der Waals surface area contributed by atoms with E-state index in [4.69, 9.17) is 5.73 Å². The molecule has 0 saturated heterocycles. The maximum atomic E-state index is 11.2. The Kier molecular flexibility index (Phi) is 3.43. The highest BCUT2D eigenvalue weighted by molar-refractivity contribution is 5.85. The molecule has 0 bridgehead atoms. The number of rotatable bonds is 3. The van der Waals surface area contributed by atoms with Crippen molar-refractivity contribution in [2.75, 3.05) is 0 Å². The van der Waals surface area contributed by atoms with Gasteiger partial charge in [0, 0.05) is 12.1 Å². The van der Waals surface area contributed by atoms with Crippen molar-refractivity contribution in [3.05, 3.63) is 12.4 Å². The Hall–Kier alpha value is -1.14. The molecule has 0 spiro atoms. The highest BCUT2D eigenvalue weighted by atomic mass is 35.5. The van der Waals surface area contributed by atoms with Gasteiger partial charge in [0.05, 0.1) is 12.4 Å². The summed E-state index contributed by atoms with van der Waals surface area (Å²) >= 11 is 0. The van der Waals surface area contributed by atoms with Crippen LogP contribution >= 0.6 is 12.4 Å². The first-order valence-electron chi connectivity index (χ1n) is 4.15. The molecule has 1 saturated carbocycles. The van der Waals surface area contributed by atoms with Gasteiger partial charge < -0.3 is 11.1 Å². The molecule has 7 heteroatoms. The van der Waals surface area contributed by atoms with E-state index < -0.39 is 0 Å². The molecule has 1 aliphatic carbocycles. The maximum Gasteiger partial charge on any atom is 0.243 e. The fourth-order valence-electron chi connectivity index (χ4n) is 1.09. The number of nitrogens with two attached hydrogens (primary N) is 1. The SMILES string of the molecule is Cl.NC1CC1NC(=O)Cn1nccn1. The minimum absolute atomic E-state index is 0. The number of carbonyl (C=O) groups is 1. The first-order chi connectivity index (χ1) is 6.25. The van der Waals surface area contributed by atoms with Crippen LogP contribution in [-0.2, 0) is 11.3 Å². The second-order valence-electron chi connectivity index (χ2n) is 3.13. The van der Waals surface area contributed by atoms with E-state index in [-0.39, 0.29) is 36.9 Å². The maximum absolute atomic E-state index is 11.2. The van der Waals surface area contributed by atoms with Crippen molar-refractivity contribution in [2.24, 2.45) is 5.73 Å². The average Bonchev–Trinajstić information content (AvgIpc) is 2.61. The third-order valence-electron chi connectivity index (χ3n) is 1.94. The van der Waals surface area contributed by atoms with E-state index in [9.17, 15) is 4.79 Å². The van der Waals surface area contributed by atoms with Crippen LogP contribution in [0.25, 0.3) is 0 Å². The lowest BCUT2D eigenvalue weighted by molar-refractivity contribution is -0.122. The summed E-state index contributed by atoms with van der Waals surface area (Å²) in [5.41, 5.74) is 5.54. The Morgan fingerprint density at radius 1 is 1.57 bits per heavy atom. The van der Waals surface area contributed by atoms with Crippen molar-refractivity contribution in [1.82, 2.24) is 20.3 Å². The highest BCUT2D eigenvalue weighted by Gasteiger charge is 2.34. The molecule has 2 rings (SSSR count). The van der Waals surface area contributed by atoms with Gasteiger partial charge in [-0.2, -0.15) is 15.0 Å². The summed E-state index contributed by atoms with van der Waals surface area (Å²) < 4.78 is 0. The number of nitrogens with one attached hydrogen (secondary N) is 1. The van der Waals surface area contributed by atoms with Gasteiger partial charge in [0.1, 0.15) is 6.54 Å². The minimum atomic E-state index is -0.0887. The molecule has 2 atom stereocenters. The summed E-state index contributed by atoms with van der Waals surface area (Å²) in [5.74, 6) is -0.0887. The molecule has 0 aliphatic heterocycles. The molecule has 0 radical (unpaired) electrons. The van der Waals surface area contributed by atoms with Crippen molar-refractivity contribution >= 4 is 18.3 Å². The van der Waals surface area contributed by atoms with Gasteiger partial charge >= 0.3 is 0 Å². The van der Waals surface area contributed by atoms with Gasteiger partial charge in [-0.05, 0) is 6.42 Å². The molecular formula is C7H12ClN5O. The van der Waals surface area contributed by atoms with Gasteiger partial charge in [0.2, 0.25) is 5.91 Å². The van der Waals surface area contributed by atoms with E-state index in [1.807, 2.05) is 0 Å². The fourth-order valence-corrected chi connectivity index (χ4v) is 1.09. The van der Waals surface area contributed by atoms with E-state index >= 15 is 0 Å². The van der Waals surface area contributed by atoms with Crippen molar-refractivity contribution in [2.45, 2.75) is 25.0 Å². The molecule has 3 N–H and O–H groups in total. The Labute approximate surface area is 87.2 Å². The molecule has 6 nitrogen and oxygen atoms in total. The Balaban J connectivity index is 0.000000980. The van der Waals surface area contributed by atoms with Gasteiger partial charge in [-0.15, -0.1) is 12.4 Å². The topological polar surface area (TPSA) is 85.8 Å². The number of amides is 1. The van der Waals surface area contributed by atoms with Crippen LogP contribution in [0, 0.1) is 0 Å². The largest absolute Gasteiger partial charge is 0.350 e. The molecule has 1 aromatic rings. The van der Waals surface area contributed by atoms with Crippen molar-refractivity contribution < 1.29 is 4.79 Å². The zero-order valence-electron chi connectivity index (χ0n) is 7.46. The minimum Gasteiger partial charge on any atom is -0.350 e. The number of hydrogen-bond donors (Lipinski definition) is 2. The fraction of sp³-hybridized carbons (Fsp3) is 0.571. The molecular weight excluding hydrogens is 206 g/mol. The lowest BCUT2D eigenvalue weighted by atomic mass is 10.5. The summed E-state index contributed by atoms with van der Waals surface area (Å²) in [6.45, 7) is 0.163. The molecule has 2 unspecified atom stereocenters. The van der Waals surface area contributed by atoms with E-state index in [0.29, 0.717) is 0 Å². The third-order valence-corrected chi connectivity index (χ3v) is 1.94. The summed E-state index contributed by atoms with van der Waals surface area (Å²) in [4.78, 5) is 12.6. The quantitative estimate of drug-likeness (QED) is 0.674. The lowest BCUT2D eigenvalue weighted by Crippen LogP contribution is -2.33. The molecule has 1 heterocycles. The van der Waals surface area contributed by atoms with Gasteiger partial charge in [0.25, 0.3) is 0 Å². The second kappa shape index (κ2) is 4.39. The number of carbonyl (C=O) groups excluding carboxylic acids is 1. The summed E-state index contributed by atoms with van der Waals surface area (Å²) in [6.07, 6.45) is 3.95. The molecule has 1 aliphatic rings. The first kappa shape index (κ1) is 10.9. The number of nitrogens with zero attached hydrogens (tertiary/aromatic N) is 3. The molecule has 1 amide bonds. The van der Waals surface area contributed by atoms with Crippen molar-refractivity contribution in [3.63, 3.8) is 0 Å². The van der Waals surface area contributed by atoms with Crippen LogP contribution in [0.15, 0.2) is 12.4 Å². The number of halogens is 1. The smallest absolute Gasteiger partial charge is 0.243 e. The Bertz CT molecular complexity index is 301. The zero-order valence-corrected chi connectivity index (χ0v) is 8.28. The van der Waals surface area contributed by atoms with E-state index in [0.717, 1.165) is 6.42 Å². The van der Waals surface area contributed by atoms with Gasteiger partial charge in [-0.3, -0.25) is 4.79 Å². The zero-order chi connectivity index (χ0) is 9.26. The van der Waals surface area contributed by atoms with Crippen LogP contribution < -0.4 is 11.1 Å². The van der Waals surface area contributed by atoms with Crippen LogP contribution in [0.3, 0.4) is 0 Å². The van der Waals surface area contributed by atoms with Crippen LogP contribution in [0.4, 0.5) is 0 Å². The molecule has 0 aromatic carbocycles. The van der Waals surface area contributed by atoms with Crippen LogP contribution in [-0.4, -0.2) is 33.0 Å².